The third kappa shape index (κ3) is 5.48. The highest BCUT2D eigenvalue weighted by Gasteiger charge is 2.11. The molecule has 0 spiro atoms. The Hall–Kier alpha value is -2.66. The van der Waals surface area contributed by atoms with E-state index in [1.807, 2.05) is 24.3 Å². The van der Waals surface area contributed by atoms with E-state index in [4.69, 9.17) is 9.15 Å². The number of benzene rings is 1. The number of unbranched alkanes of at least 4 members (excludes halogenated alkanes) is 3. The minimum Gasteiger partial charge on any atom is -0.494 e. The summed E-state index contributed by atoms with van der Waals surface area (Å²) in [4.78, 5) is 16.6. The fourth-order valence-corrected chi connectivity index (χ4v) is 4.08. The van der Waals surface area contributed by atoms with Crippen LogP contribution in [0.5, 0.6) is 5.75 Å². The van der Waals surface area contributed by atoms with E-state index in [2.05, 4.69) is 10.3 Å². The molecule has 4 rings (SSSR count). The van der Waals surface area contributed by atoms with Crippen molar-refractivity contribution in [2.75, 3.05) is 13.2 Å². The third-order valence-electron chi connectivity index (χ3n) is 5.77. The fraction of sp³-hybridized carbons (Fsp3) is 0.440. The molecule has 30 heavy (non-hydrogen) atoms. The van der Waals surface area contributed by atoms with Crippen LogP contribution in [0.3, 0.4) is 0 Å². The van der Waals surface area contributed by atoms with E-state index in [-0.39, 0.29) is 5.43 Å². The number of hydrogen-bond acceptors (Lipinski definition) is 5. The molecular formula is C25H30N2O3. The molecule has 0 bridgehead atoms. The van der Waals surface area contributed by atoms with E-state index < -0.39 is 0 Å². The van der Waals surface area contributed by atoms with Crippen LogP contribution in [-0.4, -0.2) is 24.2 Å². The molecule has 0 radical (unpaired) electrons. The zero-order chi connectivity index (χ0) is 20.6. The van der Waals surface area contributed by atoms with Crippen LogP contribution in [0.25, 0.3) is 22.3 Å². The second-order valence-corrected chi connectivity index (χ2v) is 8.07. The second kappa shape index (κ2) is 10.4. The minimum absolute atomic E-state index is 0.0723. The van der Waals surface area contributed by atoms with Crippen LogP contribution in [0, 0.1) is 0 Å². The summed E-state index contributed by atoms with van der Waals surface area (Å²) in [5, 5.41) is 4.16. The Morgan fingerprint density at radius 1 is 1.10 bits per heavy atom. The Labute approximate surface area is 177 Å². The minimum atomic E-state index is -0.0723. The van der Waals surface area contributed by atoms with E-state index in [0.29, 0.717) is 23.3 Å². The fourth-order valence-electron chi connectivity index (χ4n) is 4.08. The smallest absolute Gasteiger partial charge is 0.193 e. The average Bonchev–Trinajstić information content (AvgIpc) is 2.80. The highest BCUT2D eigenvalue weighted by atomic mass is 16.5. The first-order valence-corrected chi connectivity index (χ1v) is 11.1. The summed E-state index contributed by atoms with van der Waals surface area (Å²) in [7, 11) is 0. The molecule has 3 heterocycles. The molecule has 3 aromatic rings. The molecule has 1 atom stereocenters. The summed E-state index contributed by atoms with van der Waals surface area (Å²) in [6.07, 6.45) is 13.5. The molecule has 1 saturated heterocycles. The molecule has 5 nitrogen and oxygen atoms in total. The number of hydrogen-bond donors (Lipinski definition) is 1. The maximum Gasteiger partial charge on any atom is 0.193 e. The van der Waals surface area contributed by atoms with E-state index >= 15 is 0 Å². The molecule has 0 aliphatic carbocycles. The van der Waals surface area contributed by atoms with Gasteiger partial charge in [0.15, 0.2) is 5.43 Å². The van der Waals surface area contributed by atoms with Crippen molar-refractivity contribution >= 4 is 11.0 Å². The lowest BCUT2D eigenvalue weighted by atomic mass is 9.99. The zero-order valence-corrected chi connectivity index (χ0v) is 17.4. The first-order valence-electron chi connectivity index (χ1n) is 11.1. The summed E-state index contributed by atoms with van der Waals surface area (Å²) < 4.78 is 11.8. The molecule has 1 aliphatic heterocycles. The van der Waals surface area contributed by atoms with Crippen LogP contribution in [-0.2, 0) is 0 Å². The Morgan fingerprint density at radius 3 is 2.87 bits per heavy atom. The predicted octanol–water partition coefficient (Wildman–Crippen LogP) is 5.33. The van der Waals surface area contributed by atoms with Gasteiger partial charge in [-0.1, -0.05) is 25.7 Å². The first kappa shape index (κ1) is 20.6. The maximum absolute atomic E-state index is 12.6. The van der Waals surface area contributed by atoms with Crippen molar-refractivity contribution in [2.45, 2.75) is 57.4 Å². The number of piperidine rings is 1. The molecule has 1 N–H and O–H groups in total. The number of nitrogens with one attached hydrogen (secondary N) is 1. The topological polar surface area (TPSA) is 64.4 Å². The van der Waals surface area contributed by atoms with Crippen molar-refractivity contribution in [1.82, 2.24) is 10.3 Å². The summed E-state index contributed by atoms with van der Waals surface area (Å²) >= 11 is 0. The quantitative estimate of drug-likeness (QED) is 0.487. The van der Waals surface area contributed by atoms with E-state index in [1.54, 1.807) is 18.5 Å². The van der Waals surface area contributed by atoms with Gasteiger partial charge in [-0.3, -0.25) is 9.78 Å². The maximum atomic E-state index is 12.6. The SMILES string of the molecule is O=c1cc(-c2cccnc2)oc2ccc(OCCCCCCC3CCCCN3)cc12. The van der Waals surface area contributed by atoms with Gasteiger partial charge in [-0.25, -0.2) is 0 Å². The van der Waals surface area contributed by atoms with Gasteiger partial charge in [-0.2, -0.15) is 0 Å². The lowest BCUT2D eigenvalue weighted by molar-refractivity contribution is 0.302. The Kier molecular flexibility index (Phi) is 7.14. The van der Waals surface area contributed by atoms with Crippen LogP contribution >= 0.6 is 0 Å². The van der Waals surface area contributed by atoms with Crippen LogP contribution in [0.15, 0.2) is 58.0 Å². The molecule has 2 aromatic heterocycles. The standard InChI is InChI=1S/C25H30N2O3/c28-23-17-25(19-8-7-13-26-18-19)30-24-12-11-21(16-22(23)24)29-15-6-2-1-3-9-20-10-4-5-14-27-20/h7-8,11-13,16-18,20,27H,1-6,9-10,14-15H2. The van der Waals surface area contributed by atoms with Crippen LogP contribution in [0.2, 0.25) is 0 Å². The van der Waals surface area contributed by atoms with Crippen molar-refractivity contribution in [3.8, 4) is 17.1 Å². The van der Waals surface area contributed by atoms with Gasteiger partial charge in [0.1, 0.15) is 17.1 Å². The Morgan fingerprint density at radius 2 is 2.03 bits per heavy atom. The molecule has 1 fully saturated rings. The lowest BCUT2D eigenvalue weighted by Crippen LogP contribution is -2.33. The number of aromatic nitrogens is 1. The highest BCUT2D eigenvalue weighted by Crippen LogP contribution is 2.24. The van der Waals surface area contributed by atoms with Crippen molar-refractivity contribution in [3.05, 3.63) is 59.0 Å². The number of ether oxygens (including phenoxy) is 1. The molecular weight excluding hydrogens is 376 g/mol. The third-order valence-corrected chi connectivity index (χ3v) is 5.77. The molecule has 0 amide bonds. The molecule has 0 saturated carbocycles. The Bertz CT molecular complexity index is 994. The first-order chi connectivity index (χ1) is 14.8. The van der Waals surface area contributed by atoms with Crippen molar-refractivity contribution in [1.29, 1.82) is 0 Å². The Balaban J connectivity index is 1.25. The number of pyridine rings is 1. The lowest BCUT2D eigenvalue weighted by Gasteiger charge is -2.23. The van der Waals surface area contributed by atoms with Gasteiger partial charge in [0.05, 0.1) is 12.0 Å². The van der Waals surface area contributed by atoms with Gasteiger partial charge >= 0.3 is 0 Å². The normalized spacial score (nSPS) is 16.6. The van der Waals surface area contributed by atoms with Gasteiger partial charge < -0.3 is 14.5 Å². The van der Waals surface area contributed by atoms with Crippen molar-refractivity contribution in [3.63, 3.8) is 0 Å². The molecule has 5 heteroatoms. The molecule has 1 unspecified atom stereocenters. The summed E-state index contributed by atoms with van der Waals surface area (Å²) in [5.74, 6) is 1.24. The van der Waals surface area contributed by atoms with Crippen LogP contribution in [0.1, 0.15) is 51.4 Å². The zero-order valence-electron chi connectivity index (χ0n) is 17.4. The number of nitrogens with zero attached hydrogens (tertiary/aromatic N) is 1. The highest BCUT2D eigenvalue weighted by molar-refractivity contribution is 5.80. The summed E-state index contributed by atoms with van der Waals surface area (Å²) in [6.45, 7) is 1.86. The van der Waals surface area contributed by atoms with Gasteiger partial charge in [-0.05, 0) is 62.6 Å². The monoisotopic (exact) mass is 406 g/mol. The second-order valence-electron chi connectivity index (χ2n) is 8.07. The summed E-state index contributed by atoms with van der Waals surface area (Å²) in [5.41, 5.74) is 1.28. The van der Waals surface area contributed by atoms with Gasteiger partial charge in [0.2, 0.25) is 0 Å². The largest absolute Gasteiger partial charge is 0.494 e. The molecule has 158 valence electrons. The van der Waals surface area contributed by atoms with E-state index in [0.717, 1.165) is 23.8 Å². The molecule has 1 aliphatic rings. The van der Waals surface area contributed by atoms with Crippen LogP contribution < -0.4 is 15.5 Å². The van der Waals surface area contributed by atoms with E-state index in [1.165, 1.54) is 57.6 Å². The van der Waals surface area contributed by atoms with E-state index in [9.17, 15) is 4.79 Å². The van der Waals surface area contributed by atoms with Gasteiger partial charge in [0, 0.05) is 30.1 Å². The number of fused-ring (bicyclic) bond motifs is 1. The van der Waals surface area contributed by atoms with Crippen LogP contribution in [0.4, 0.5) is 0 Å². The van der Waals surface area contributed by atoms with Crippen molar-refractivity contribution in [2.24, 2.45) is 0 Å². The number of rotatable bonds is 9. The predicted molar refractivity (Wildman–Crippen MR) is 120 cm³/mol. The molecule has 1 aromatic carbocycles. The van der Waals surface area contributed by atoms with Crippen molar-refractivity contribution < 1.29 is 9.15 Å². The summed E-state index contributed by atoms with van der Waals surface area (Å²) in [6, 6.07) is 11.4. The average molecular weight is 407 g/mol. The van der Waals surface area contributed by atoms with Gasteiger partial charge in [0.25, 0.3) is 0 Å². The van der Waals surface area contributed by atoms with Gasteiger partial charge in [-0.15, -0.1) is 0 Å².